The van der Waals surface area contributed by atoms with Crippen molar-refractivity contribution in [1.29, 1.82) is 0 Å². The Morgan fingerprint density at radius 3 is 2.62 bits per heavy atom. The number of benzene rings is 1. The van der Waals surface area contributed by atoms with Gasteiger partial charge >= 0.3 is 6.03 Å². The summed E-state index contributed by atoms with van der Waals surface area (Å²) >= 11 is 0. The molecule has 0 saturated carbocycles. The quantitative estimate of drug-likeness (QED) is 0.797. The molecule has 0 spiro atoms. The van der Waals surface area contributed by atoms with Crippen molar-refractivity contribution in [2.75, 3.05) is 5.32 Å². The zero-order valence-corrected chi connectivity index (χ0v) is 8.42. The maximum Gasteiger partial charge on any atom is 0.319 e. The summed E-state index contributed by atoms with van der Waals surface area (Å²) in [5.41, 5.74) is 6.67. The molecule has 1 aromatic heterocycles. The number of anilines is 1. The molecule has 2 aromatic rings. The summed E-state index contributed by atoms with van der Waals surface area (Å²) < 4.78 is 0. The molecular formula is C11H10N4O. The molecule has 1 heterocycles. The van der Waals surface area contributed by atoms with Crippen LogP contribution >= 0.6 is 0 Å². The molecule has 1 aromatic carbocycles. The number of rotatable bonds is 2. The Hall–Kier alpha value is -2.43. The molecular weight excluding hydrogens is 204 g/mol. The van der Waals surface area contributed by atoms with E-state index >= 15 is 0 Å². The summed E-state index contributed by atoms with van der Waals surface area (Å²) in [4.78, 5) is 18.7. The van der Waals surface area contributed by atoms with E-state index in [4.69, 9.17) is 5.73 Å². The number of urea groups is 1. The predicted molar refractivity (Wildman–Crippen MR) is 60.7 cm³/mol. The van der Waals surface area contributed by atoms with E-state index in [9.17, 15) is 4.79 Å². The monoisotopic (exact) mass is 214 g/mol. The summed E-state index contributed by atoms with van der Waals surface area (Å²) in [6.07, 6.45) is 1.57. The number of hydrogen-bond acceptors (Lipinski definition) is 3. The van der Waals surface area contributed by atoms with Gasteiger partial charge in [0.2, 0.25) is 5.95 Å². The zero-order chi connectivity index (χ0) is 11.4. The Bertz CT molecular complexity index is 498. The highest BCUT2D eigenvalue weighted by Crippen LogP contribution is 2.16. The second kappa shape index (κ2) is 4.39. The lowest BCUT2D eigenvalue weighted by Gasteiger charge is -2.03. The van der Waals surface area contributed by atoms with Crippen LogP contribution in [0.5, 0.6) is 0 Å². The van der Waals surface area contributed by atoms with Gasteiger partial charge in [0.05, 0.1) is 5.69 Å². The lowest BCUT2D eigenvalue weighted by atomic mass is 10.1. The fraction of sp³-hybridized carbons (Fsp3) is 0. The summed E-state index contributed by atoms with van der Waals surface area (Å²) in [6.45, 7) is 0. The largest absolute Gasteiger partial charge is 0.351 e. The van der Waals surface area contributed by atoms with Crippen LogP contribution in [0.15, 0.2) is 42.6 Å². The number of carbonyl (C=O) groups is 1. The van der Waals surface area contributed by atoms with Crippen molar-refractivity contribution in [3.05, 3.63) is 42.6 Å². The molecule has 0 aliphatic heterocycles. The van der Waals surface area contributed by atoms with Gasteiger partial charge in [0, 0.05) is 11.8 Å². The van der Waals surface area contributed by atoms with E-state index in [2.05, 4.69) is 15.3 Å². The van der Waals surface area contributed by atoms with E-state index in [1.807, 2.05) is 30.3 Å². The highest BCUT2D eigenvalue weighted by Gasteiger charge is 2.02. The molecule has 5 nitrogen and oxygen atoms in total. The molecule has 5 heteroatoms. The predicted octanol–water partition coefficient (Wildman–Crippen LogP) is 1.63. The molecule has 80 valence electrons. The number of hydrogen-bond donors (Lipinski definition) is 2. The van der Waals surface area contributed by atoms with E-state index in [1.165, 1.54) is 0 Å². The van der Waals surface area contributed by atoms with Gasteiger partial charge in [0.1, 0.15) is 0 Å². The molecule has 16 heavy (non-hydrogen) atoms. The molecule has 0 aliphatic carbocycles. The molecule has 0 saturated heterocycles. The van der Waals surface area contributed by atoms with Gasteiger partial charge in [-0.1, -0.05) is 30.3 Å². The van der Waals surface area contributed by atoms with Crippen LogP contribution in [0.1, 0.15) is 0 Å². The van der Waals surface area contributed by atoms with Gasteiger partial charge < -0.3 is 5.73 Å². The van der Waals surface area contributed by atoms with Crippen molar-refractivity contribution in [3.8, 4) is 11.3 Å². The van der Waals surface area contributed by atoms with Gasteiger partial charge in [-0.05, 0) is 6.07 Å². The third kappa shape index (κ3) is 2.33. The Balaban J connectivity index is 2.33. The van der Waals surface area contributed by atoms with Crippen molar-refractivity contribution < 1.29 is 4.79 Å². The summed E-state index contributed by atoms with van der Waals surface area (Å²) in [5, 5.41) is 2.33. The van der Waals surface area contributed by atoms with Gasteiger partial charge in [-0.3, -0.25) is 5.32 Å². The van der Waals surface area contributed by atoms with Crippen molar-refractivity contribution in [2.24, 2.45) is 5.73 Å². The maximum absolute atomic E-state index is 10.6. The minimum atomic E-state index is -0.676. The molecule has 0 atom stereocenters. The van der Waals surface area contributed by atoms with Crippen molar-refractivity contribution in [3.63, 3.8) is 0 Å². The first-order valence-electron chi connectivity index (χ1n) is 4.70. The van der Waals surface area contributed by atoms with Gasteiger partial charge in [-0.25, -0.2) is 14.8 Å². The van der Waals surface area contributed by atoms with E-state index in [0.717, 1.165) is 11.3 Å². The van der Waals surface area contributed by atoms with Gasteiger partial charge in [-0.15, -0.1) is 0 Å². The zero-order valence-electron chi connectivity index (χ0n) is 8.42. The molecule has 0 radical (unpaired) electrons. The molecule has 0 bridgehead atoms. The van der Waals surface area contributed by atoms with E-state index in [-0.39, 0.29) is 5.95 Å². The first-order chi connectivity index (χ1) is 7.75. The standard InChI is InChI=1S/C11H10N4O/c12-10(16)15-11-13-7-6-9(14-11)8-4-2-1-3-5-8/h1-7H,(H3,12,13,14,15,16). The lowest BCUT2D eigenvalue weighted by Crippen LogP contribution is -2.20. The van der Waals surface area contributed by atoms with Gasteiger partial charge in [0.15, 0.2) is 0 Å². The number of amides is 2. The van der Waals surface area contributed by atoms with Crippen molar-refractivity contribution in [1.82, 2.24) is 9.97 Å². The van der Waals surface area contributed by atoms with Crippen LogP contribution in [0, 0.1) is 0 Å². The van der Waals surface area contributed by atoms with Crippen molar-refractivity contribution >= 4 is 12.0 Å². The first kappa shape index (κ1) is 10.1. The average Bonchev–Trinajstić information content (AvgIpc) is 2.30. The van der Waals surface area contributed by atoms with Crippen LogP contribution < -0.4 is 11.1 Å². The first-order valence-corrected chi connectivity index (χ1v) is 4.70. The SMILES string of the molecule is NC(=O)Nc1nccc(-c2ccccc2)n1. The number of aromatic nitrogens is 2. The normalized spacial score (nSPS) is 9.75. The summed E-state index contributed by atoms with van der Waals surface area (Å²) in [6, 6.07) is 10.7. The van der Waals surface area contributed by atoms with Crippen LogP contribution in [0.25, 0.3) is 11.3 Å². The number of primary amides is 1. The highest BCUT2D eigenvalue weighted by molar-refractivity contribution is 5.85. The van der Waals surface area contributed by atoms with E-state index in [0.29, 0.717) is 0 Å². The molecule has 2 amide bonds. The smallest absolute Gasteiger partial charge is 0.319 e. The Morgan fingerprint density at radius 1 is 1.19 bits per heavy atom. The average molecular weight is 214 g/mol. The Morgan fingerprint density at radius 2 is 1.94 bits per heavy atom. The maximum atomic E-state index is 10.6. The van der Waals surface area contributed by atoms with E-state index < -0.39 is 6.03 Å². The van der Waals surface area contributed by atoms with Crippen molar-refractivity contribution in [2.45, 2.75) is 0 Å². The van der Waals surface area contributed by atoms with Crippen LogP contribution in [0.3, 0.4) is 0 Å². The molecule has 2 rings (SSSR count). The van der Waals surface area contributed by atoms with Crippen LogP contribution in [0.4, 0.5) is 10.7 Å². The number of nitrogens with zero attached hydrogens (tertiary/aromatic N) is 2. The minimum Gasteiger partial charge on any atom is -0.351 e. The van der Waals surface area contributed by atoms with E-state index in [1.54, 1.807) is 12.3 Å². The summed E-state index contributed by atoms with van der Waals surface area (Å²) in [5.74, 6) is 0.203. The Labute approximate surface area is 92.3 Å². The Kier molecular flexibility index (Phi) is 2.77. The third-order valence-electron chi connectivity index (χ3n) is 1.96. The minimum absolute atomic E-state index is 0.203. The van der Waals surface area contributed by atoms with Gasteiger partial charge in [0.25, 0.3) is 0 Å². The second-order valence-corrected chi connectivity index (χ2v) is 3.12. The topological polar surface area (TPSA) is 80.9 Å². The number of carbonyl (C=O) groups excluding carboxylic acids is 1. The van der Waals surface area contributed by atoms with Crippen LogP contribution in [-0.2, 0) is 0 Å². The van der Waals surface area contributed by atoms with Crippen LogP contribution in [0.2, 0.25) is 0 Å². The fourth-order valence-electron chi connectivity index (χ4n) is 1.30. The third-order valence-corrected chi connectivity index (χ3v) is 1.96. The molecule has 0 fully saturated rings. The molecule has 0 aliphatic rings. The number of nitrogens with one attached hydrogen (secondary N) is 1. The van der Waals surface area contributed by atoms with Crippen LogP contribution in [-0.4, -0.2) is 16.0 Å². The highest BCUT2D eigenvalue weighted by atomic mass is 16.2. The summed E-state index contributed by atoms with van der Waals surface area (Å²) in [7, 11) is 0. The molecule has 0 unspecified atom stereocenters. The second-order valence-electron chi connectivity index (χ2n) is 3.12. The molecule has 3 N–H and O–H groups in total. The van der Waals surface area contributed by atoms with Gasteiger partial charge in [-0.2, -0.15) is 0 Å². The lowest BCUT2D eigenvalue weighted by molar-refractivity contribution is 0.259. The number of nitrogens with two attached hydrogens (primary N) is 1. The fourth-order valence-corrected chi connectivity index (χ4v) is 1.30.